The standard InChI is InChI=1S/C13H10BrClN2O2/c14-10-3-1-7(5-12(10)16)17-13(19)9-6-8(18)2-4-11(9)15/h1-6,18H,16H2,(H,17,19). The normalized spacial score (nSPS) is 10.2. The zero-order chi connectivity index (χ0) is 14.0. The van der Waals surface area contributed by atoms with Gasteiger partial charge in [-0.25, -0.2) is 0 Å². The number of anilines is 2. The summed E-state index contributed by atoms with van der Waals surface area (Å²) in [6.45, 7) is 0. The Morgan fingerprint density at radius 1 is 1.26 bits per heavy atom. The number of phenolic OH excluding ortho intramolecular Hbond substituents is 1. The van der Waals surface area contributed by atoms with E-state index in [2.05, 4.69) is 21.2 Å². The molecule has 2 aromatic carbocycles. The molecule has 2 rings (SSSR count). The van der Waals surface area contributed by atoms with Gasteiger partial charge in [0.1, 0.15) is 5.75 Å². The van der Waals surface area contributed by atoms with E-state index in [0.717, 1.165) is 4.47 Å². The SMILES string of the molecule is Nc1cc(NC(=O)c2cc(O)ccc2Cl)ccc1Br. The topological polar surface area (TPSA) is 75.3 Å². The van der Waals surface area contributed by atoms with E-state index in [9.17, 15) is 9.90 Å². The average molecular weight is 342 g/mol. The van der Waals surface area contributed by atoms with Crippen molar-refractivity contribution in [3.8, 4) is 5.75 Å². The number of nitrogens with two attached hydrogens (primary N) is 1. The number of benzene rings is 2. The maximum Gasteiger partial charge on any atom is 0.257 e. The van der Waals surface area contributed by atoms with Crippen LogP contribution < -0.4 is 11.1 Å². The Morgan fingerprint density at radius 2 is 2.00 bits per heavy atom. The summed E-state index contributed by atoms with van der Waals surface area (Å²) < 4.78 is 0.751. The molecule has 0 heterocycles. The zero-order valence-corrected chi connectivity index (χ0v) is 12.0. The van der Waals surface area contributed by atoms with Crippen molar-refractivity contribution in [1.29, 1.82) is 0 Å². The highest BCUT2D eigenvalue weighted by atomic mass is 79.9. The second kappa shape index (κ2) is 5.50. The molecule has 4 N–H and O–H groups in total. The molecule has 0 saturated carbocycles. The Labute approximate surface area is 123 Å². The van der Waals surface area contributed by atoms with Crippen LogP contribution in [0.3, 0.4) is 0 Å². The minimum Gasteiger partial charge on any atom is -0.508 e. The fraction of sp³-hybridized carbons (Fsp3) is 0. The number of nitrogen functional groups attached to an aromatic ring is 1. The molecule has 19 heavy (non-hydrogen) atoms. The van der Waals surface area contributed by atoms with Crippen LogP contribution in [0.15, 0.2) is 40.9 Å². The quantitative estimate of drug-likeness (QED) is 0.730. The number of phenols is 1. The molecule has 0 unspecified atom stereocenters. The van der Waals surface area contributed by atoms with E-state index in [-0.39, 0.29) is 16.3 Å². The molecule has 0 spiro atoms. The number of amides is 1. The van der Waals surface area contributed by atoms with Gasteiger partial charge in [0.15, 0.2) is 0 Å². The predicted molar refractivity (Wildman–Crippen MR) is 79.6 cm³/mol. The van der Waals surface area contributed by atoms with Crippen LogP contribution in [0, 0.1) is 0 Å². The van der Waals surface area contributed by atoms with Gasteiger partial charge in [-0.1, -0.05) is 11.6 Å². The number of nitrogens with one attached hydrogen (secondary N) is 1. The molecule has 4 nitrogen and oxygen atoms in total. The molecule has 0 saturated heterocycles. The van der Waals surface area contributed by atoms with Gasteiger partial charge in [-0.3, -0.25) is 4.79 Å². The zero-order valence-electron chi connectivity index (χ0n) is 9.65. The Hall–Kier alpha value is -1.72. The average Bonchev–Trinajstić information content (AvgIpc) is 2.36. The Kier molecular flexibility index (Phi) is 3.97. The molecular weight excluding hydrogens is 332 g/mol. The summed E-state index contributed by atoms with van der Waals surface area (Å²) in [5.41, 5.74) is 6.98. The molecular formula is C13H10BrClN2O2. The van der Waals surface area contributed by atoms with Gasteiger partial charge in [-0.05, 0) is 52.3 Å². The van der Waals surface area contributed by atoms with E-state index < -0.39 is 5.91 Å². The number of aromatic hydroxyl groups is 1. The van der Waals surface area contributed by atoms with Crippen LogP contribution >= 0.6 is 27.5 Å². The van der Waals surface area contributed by atoms with Gasteiger partial charge in [-0.2, -0.15) is 0 Å². The first kappa shape index (κ1) is 13.7. The smallest absolute Gasteiger partial charge is 0.257 e. The van der Waals surface area contributed by atoms with Crippen molar-refractivity contribution in [1.82, 2.24) is 0 Å². The van der Waals surface area contributed by atoms with Crippen LogP contribution in [0.4, 0.5) is 11.4 Å². The van der Waals surface area contributed by atoms with Gasteiger partial charge < -0.3 is 16.2 Å². The lowest BCUT2D eigenvalue weighted by Crippen LogP contribution is -2.12. The summed E-state index contributed by atoms with van der Waals surface area (Å²) in [4.78, 5) is 12.0. The molecule has 0 aliphatic heterocycles. The highest BCUT2D eigenvalue weighted by Gasteiger charge is 2.12. The summed E-state index contributed by atoms with van der Waals surface area (Å²) in [5, 5.41) is 12.3. The van der Waals surface area contributed by atoms with E-state index in [1.165, 1.54) is 18.2 Å². The Bertz CT molecular complexity index is 647. The van der Waals surface area contributed by atoms with Crippen molar-refractivity contribution in [3.05, 3.63) is 51.5 Å². The molecule has 0 bridgehead atoms. The largest absolute Gasteiger partial charge is 0.508 e. The van der Waals surface area contributed by atoms with Gasteiger partial charge in [0, 0.05) is 15.8 Å². The van der Waals surface area contributed by atoms with E-state index in [4.69, 9.17) is 17.3 Å². The van der Waals surface area contributed by atoms with E-state index in [1.54, 1.807) is 18.2 Å². The lowest BCUT2D eigenvalue weighted by Gasteiger charge is -2.08. The van der Waals surface area contributed by atoms with Gasteiger partial charge >= 0.3 is 0 Å². The summed E-state index contributed by atoms with van der Waals surface area (Å²) in [6.07, 6.45) is 0. The molecule has 0 radical (unpaired) electrons. The monoisotopic (exact) mass is 340 g/mol. The first-order valence-corrected chi connectivity index (χ1v) is 6.49. The number of halogens is 2. The highest BCUT2D eigenvalue weighted by molar-refractivity contribution is 9.10. The predicted octanol–water partition coefficient (Wildman–Crippen LogP) is 3.64. The Morgan fingerprint density at radius 3 is 2.68 bits per heavy atom. The van der Waals surface area contributed by atoms with Crippen LogP contribution in [0.5, 0.6) is 5.75 Å². The number of carbonyl (C=O) groups is 1. The fourth-order valence-corrected chi connectivity index (χ4v) is 1.96. The van der Waals surface area contributed by atoms with E-state index in [1.807, 2.05) is 0 Å². The van der Waals surface area contributed by atoms with E-state index in [0.29, 0.717) is 11.4 Å². The summed E-state index contributed by atoms with van der Waals surface area (Å²) >= 11 is 9.18. The second-order valence-corrected chi connectivity index (χ2v) is 5.12. The fourth-order valence-electron chi connectivity index (χ4n) is 1.51. The molecule has 1 amide bonds. The minimum atomic E-state index is -0.414. The van der Waals surface area contributed by atoms with Crippen molar-refractivity contribution < 1.29 is 9.90 Å². The summed E-state index contributed by atoms with van der Waals surface area (Å²) in [6, 6.07) is 9.24. The van der Waals surface area contributed by atoms with Crippen LogP contribution in [0.25, 0.3) is 0 Å². The molecule has 2 aromatic rings. The second-order valence-electron chi connectivity index (χ2n) is 3.85. The molecule has 0 fully saturated rings. The first-order valence-electron chi connectivity index (χ1n) is 5.32. The molecule has 6 heteroatoms. The lowest BCUT2D eigenvalue weighted by atomic mass is 10.2. The lowest BCUT2D eigenvalue weighted by molar-refractivity contribution is 0.102. The summed E-state index contributed by atoms with van der Waals surface area (Å²) in [7, 11) is 0. The third-order valence-electron chi connectivity index (χ3n) is 2.45. The van der Waals surface area contributed by atoms with Crippen molar-refractivity contribution in [2.24, 2.45) is 0 Å². The van der Waals surface area contributed by atoms with Crippen molar-refractivity contribution in [2.75, 3.05) is 11.1 Å². The number of carbonyl (C=O) groups excluding carboxylic acids is 1. The molecule has 0 aliphatic rings. The van der Waals surface area contributed by atoms with Gasteiger partial charge in [-0.15, -0.1) is 0 Å². The van der Waals surface area contributed by atoms with Crippen LogP contribution in [0.1, 0.15) is 10.4 Å². The van der Waals surface area contributed by atoms with Crippen LogP contribution in [-0.2, 0) is 0 Å². The van der Waals surface area contributed by atoms with Gasteiger partial charge in [0.25, 0.3) is 5.91 Å². The van der Waals surface area contributed by atoms with Gasteiger partial charge in [0.2, 0.25) is 0 Å². The third kappa shape index (κ3) is 3.19. The third-order valence-corrected chi connectivity index (χ3v) is 3.50. The first-order chi connectivity index (χ1) is 8.97. The van der Waals surface area contributed by atoms with E-state index >= 15 is 0 Å². The minimum absolute atomic E-state index is 0.0233. The number of hydrogen-bond donors (Lipinski definition) is 3. The number of rotatable bonds is 2. The van der Waals surface area contributed by atoms with Crippen molar-refractivity contribution >= 4 is 44.8 Å². The van der Waals surface area contributed by atoms with Gasteiger partial charge in [0.05, 0.1) is 10.6 Å². The molecule has 98 valence electrons. The maximum atomic E-state index is 12.0. The molecule has 0 aliphatic carbocycles. The van der Waals surface area contributed by atoms with Crippen LogP contribution in [0.2, 0.25) is 5.02 Å². The molecule has 0 atom stereocenters. The maximum absolute atomic E-state index is 12.0. The van der Waals surface area contributed by atoms with Crippen molar-refractivity contribution in [2.45, 2.75) is 0 Å². The molecule has 0 aromatic heterocycles. The Balaban J connectivity index is 2.25. The number of hydrogen-bond acceptors (Lipinski definition) is 3. The summed E-state index contributed by atoms with van der Waals surface area (Å²) in [5.74, 6) is -0.438. The van der Waals surface area contributed by atoms with Crippen molar-refractivity contribution in [3.63, 3.8) is 0 Å². The van der Waals surface area contributed by atoms with Crippen LogP contribution in [-0.4, -0.2) is 11.0 Å². The highest BCUT2D eigenvalue weighted by Crippen LogP contribution is 2.25.